The van der Waals surface area contributed by atoms with Crippen molar-refractivity contribution in [1.82, 2.24) is 16.0 Å². The number of amides is 3. The Balaban J connectivity index is 5.42. The minimum absolute atomic E-state index is 0.0451. The van der Waals surface area contributed by atoms with E-state index in [1.165, 1.54) is 6.92 Å². The second-order valence-electron chi connectivity index (χ2n) is 8.87. The van der Waals surface area contributed by atoms with Crippen LogP contribution < -0.4 is 27.4 Å². The van der Waals surface area contributed by atoms with E-state index in [1.54, 1.807) is 13.8 Å². The summed E-state index contributed by atoms with van der Waals surface area (Å²) in [5.74, 6) is -3.36. The first kappa shape index (κ1) is 29.8. The van der Waals surface area contributed by atoms with Gasteiger partial charge in [-0.05, 0) is 51.0 Å². The number of carboxylic acid groups (broad SMARTS) is 1. The van der Waals surface area contributed by atoms with Crippen LogP contribution in [0.5, 0.6) is 0 Å². The van der Waals surface area contributed by atoms with Gasteiger partial charge in [0.15, 0.2) is 0 Å². The van der Waals surface area contributed by atoms with Crippen molar-refractivity contribution >= 4 is 23.7 Å². The molecule has 9 N–H and O–H groups in total. The first-order valence-electron chi connectivity index (χ1n) is 11.1. The molecule has 0 aromatic carbocycles. The van der Waals surface area contributed by atoms with Crippen LogP contribution in [0.2, 0.25) is 0 Å². The number of aliphatic hydroxyl groups excluding tert-OH is 1. The molecule has 11 heteroatoms. The topological polar surface area (TPSA) is 197 Å². The highest BCUT2D eigenvalue weighted by Gasteiger charge is 2.32. The van der Waals surface area contributed by atoms with Crippen LogP contribution in [0.25, 0.3) is 0 Å². The van der Waals surface area contributed by atoms with E-state index >= 15 is 0 Å². The molecule has 5 unspecified atom stereocenters. The van der Waals surface area contributed by atoms with E-state index in [1.807, 2.05) is 13.8 Å². The van der Waals surface area contributed by atoms with Gasteiger partial charge in [0.1, 0.15) is 24.2 Å². The number of aliphatic hydroxyl groups is 1. The normalized spacial score (nSPS) is 16.1. The Kier molecular flexibility index (Phi) is 13.7. The molecule has 0 heterocycles. The third-order valence-electron chi connectivity index (χ3n) is 4.97. The van der Waals surface area contributed by atoms with Crippen LogP contribution in [-0.2, 0) is 19.2 Å². The predicted octanol–water partition coefficient (Wildman–Crippen LogP) is -0.935. The highest BCUT2D eigenvalue weighted by atomic mass is 16.4. The van der Waals surface area contributed by atoms with E-state index in [0.29, 0.717) is 19.4 Å². The number of nitrogens with one attached hydrogen (secondary N) is 3. The maximum absolute atomic E-state index is 12.9. The molecule has 0 saturated heterocycles. The molecule has 0 radical (unpaired) electrons. The molecule has 11 nitrogen and oxygen atoms in total. The van der Waals surface area contributed by atoms with Crippen LogP contribution in [0.4, 0.5) is 0 Å². The zero-order valence-electron chi connectivity index (χ0n) is 19.8. The van der Waals surface area contributed by atoms with Crippen molar-refractivity contribution in [3.8, 4) is 0 Å². The molecule has 0 aromatic heterocycles. The maximum Gasteiger partial charge on any atom is 0.326 e. The van der Waals surface area contributed by atoms with Crippen molar-refractivity contribution in [1.29, 1.82) is 0 Å². The molecule has 0 fully saturated rings. The minimum atomic E-state index is -1.21. The Hall–Kier alpha value is -2.24. The lowest BCUT2D eigenvalue weighted by atomic mass is 9.99. The molecule has 0 aliphatic rings. The Bertz CT molecular complexity index is 626. The Morgan fingerprint density at radius 1 is 0.844 bits per heavy atom. The quantitative estimate of drug-likeness (QED) is 0.152. The third kappa shape index (κ3) is 10.9. The van der Waals surface area contributed by atoms with Gasteiger partial charge in [-0.15, -0.1) is 0 Å². The average Bonchev–Trinajstić information content (AvgIpc) is 2.68. The molecule has 32 heavy (non-hydrogen) atoms. The highest BCUT2D eigenvalue weighted by molar-refractivity contribution is 5.94. The van der Waals surface area contributed by atoms with Crippen molar-refractivity contribution in [2.45, 2.75) is 90.6 Å². The second kappa shape index (κ2) is 14.8. The van der Waals surface area contributed by atoms with Crippen molar-refractivity contribution in [2.75, 3.05) is 6.54 Å². The summed E-state index contributed by atoms with van der Waals surface area (Å²) in [6.07, 6.45) is 0.581. The first-order chi connectivity index (χ1) is 14.8. The molecule has 0 saturated carbocycles. The van der Waals surface area contributed by atoms with Gasteiger partial charge in [-0.2, -0.15) is 0 Å². The van der Waals surface area contributed by atoms with Crippen LogP contribution in [0.1, 0.15) is 60.3 Å². The summed E-state index contributed by atoms with van der Waals surface area (Å²) < 4.78 is 0. The molecule has 186 valence electrons. The number of carbonyl (C=O) groups is 4. The number of rotatable bonds is 15. The summed E-state index contributed by atoms with van der Waals surface area (Å²) in [7, 11) is 0. The number of carboxylic acids is 1. The Morgan fingerprint density at radius 3 is 1.84 bits per heavy atom. The lowest BCUT2D eigenvalue weighted by Crippen LogP contribution is -2.59. The van der Waals surface area contributed by atoms with E-state index in [2.05, 4.69) is 16.0 Å². The van der Waals surface area contributed by atoms with Crippen LogP contribution >= 0.6 is 0 Å². The van der Waals surface area contributed by atoms with Gasteiger partial charge in [0, 0.05) is 0 Å². The van der Waals surface area contributed by atoms with E-state index in [4.69, 9.17) is 11.5 Å². The molecule has 0 spiro atoms. The van der Waals surface area contributed by atoms with Gasteiger partial charge >= 0.3 is 5.97 Å². The predicted molar refractivity (Wildman–Crippen MR) is 120 cm³/mol. The van der Waals surface area contributed by atoms with Crippen molar-refractivity contribution in [3.05, 3.63) is 0 Å². The molecular formula is C21H41N5O6. The summed E-state index contributed by atoms with van der Waals surface area (Å²) in [6, 6.07) is -4.28. The summed E-state index contributed by atoms with van der Waals surface area (Å²) in [5, 5.41) is 26.6. The van der Waals surface area contributed by atoms with E-state index in [-0.39, 0.29) is 24.7 Å². The third-order valence-corrected chi connectivity index (χ3v) is 4.97. The van der Waals surface area contributed by atoms with E-state index in [0.717, 1.165) is 0 Å². The number of hydrogen-bond donors (Lipinski definition) is 7. The van der Waals surface area contributed by atoms with Gasteiger partial charge in [-0.1, -0.05) is 27.7 Å². The van der Waals surface area contributed by atoms with Gasteiger partial charge in [-0.25, -0.2) is 4.79 Å². The van der Waals surface area contributed by atoms with Crippen molar-refractivity contribution in [3.63, 3.8) is 0 Å². The molecule has 5 atom stereocenters. The van der Waals surface area contributed by atoms with Crippen molar-refractivity contribution in [2.24, 2.45) is 23.3 Å². The van der Waals surface area contributed by atoms with Crippen LogP contribution in [0, 0.1) is 11.8 Å². The van der Waals surface area contributed by atoms with Gasteiger partial charge in [-0.3, -0.25) is 14.4 Å². The molecule has 0 aliphatic carbocycles. The number of carbonyl (C=O) groups excluding carboxylic acids is 3. The van der Waals surface area contributed by atoms with Crippen molar-refractivity contribution < 1.29 is 29.4 Å². The van der Waals surface area contributed by atoms with Crippen LogP contribution in [0.15, 0.2) is 0 Å². The molecule has 3 amide bonds. The number of unbranched alkanes of at least 4 members (excludes halogenated alkanes) is 1. The van der Waals surface area contributed by atoms with Crippen LogP contribution in [0.3, 0.4) is 0 Å². The fraction of sp³-hybridized carbons (Fsp3) is 0.810. The molecule has 0 bridgehead atoms. The molecule has 0 rings (SSSR count). The number of hydrogen-bond acceptors (Lipinski definition) is 7. The van der Waals surface area contributed by atoms with E-state index in [9.17, 15) is 29.4 Å². The first-order valence-corrected chi connectivity index (χ1v) is 11.1. The molecular weight excluding hydrogens is 418 g/mol. The van der Waals surface area contributed by atoms with Crippen LogP contribution in [-0.4, -0.2) is 70.7 Å². The summed E-state index contributed by atoms with van der Waals surface area (Å²) in [5.41, 5.74) is 11.2. The fourth-order valence-electron chi connectivity index (χ4n) is 2.99. The van der Waals surface area contributed by atoms with E-state index < -0.39 is 54.0 Å². The standard InChI is InChI=1S/C21H41N5O6/c1-11(2)10-15(21(31)32)25-20(30)17(12(3)4)26-18(28)14(8-6-7-9-22)24-19(29)16(23)13(5)27/h11-17,27H,6-10,22-23H2,1-5H3,(H,24,29)(H,25,30)(H,26,28)(H,31,32). The van der Waals surface area contributed by atoms with Gasteiger partial charge in [0.25, 0.3) is 0 Å². The average molecular weight is 460 g/mol. The fourth-order valence-corrected chi connectivity index (χ4v) is 2.99. The van der Waals surface area contributed by atoms with Gasteiger partial charge in [0.2, 0.25) is 17.7 Å². The smallest absolute Gasteiger partial charge is 0.326 e. The highest BCUT2D eigenvalue weighted by Crippen LogP contribution is 2.09. The largest absolute Gasteiger partial charge is 0.480 e. The van der Waals surface area contributed by atoms with Gasteiger partial charge < -0.3 is 37.6 Å². The van der Waals surface area contributed by atoms with Gasteiger partial charge in [0.05, 0.1) is 6.10 Å². The Labute approximate surface area is 190 Å². The number of nitrogens with two attached hydrogens (primary N) is 2. The summed E-state index contributed by atoms with van der Waals surface area (Å²) >= 11 is 0. The summed E-state index contributed by atoms with van der Waals surface area (Å²) in [4.78, 5) is 49.4. The zero-order valence-corrected chi connectivity index (χ0v) is 19.8. The zero-order chi connectivity index (χ0) is 25.0. The minimum Gasteiger partial charge on any atom is -0.480 e. The lowest BCUT2D eigenvalue weighted by molar-refractivity contribution is -0.143. The monoisotopic (exact) mass is 459 g/mol. The molecule has 0 aromatic rings. The SMILES string of the molecule is CC(C)CC(NC(=O)C(NC(=O)C(CCCCN)NC(=O)C(N)C(C)O)C(C)C)C(=O)O. The number of aliphatic carboxylic acids is 1. The lowest BCUT2D eigenvalue weighted by Gasteiger charge is -2.27. The summed E-state index contributed by atoms with van der Waals surface area (Å²) in [6.45, 7) is 8.90. The second-order valence-corrected chi connectivity index (χ2v) is 8.87. The molecule has 0 aliphatic heterocycles. The maximum atomic E-state index is 12.9. The Morgan fingerprint density at radius 2 is 1.41 bits per heavy atom.